The number of amides is 4. The monoisotopic (exact) mass is 449 g/mol. The van der Waals surface area contributed by atoms with Crippen LogP contribution in [0.15, 0.2) is 54.6 Å². The van der Waals surface area contributed by atoms with E-state index < -0.39 is 6.04 Å². The summed E-state index contributed by atoms with van der Waals surface area (Å²) in [7, 11) is 0. The number of fused-ring (bicyclic) bond motifs is 1. The molecule has 4 amide bonds. The fourth-order valence-electron chi connectivity index (χ4n) is 3.80. The molecule has 0 radical (unpaired) electrons. The van der Waals surface area contributed by atoms with Crippen molar-refractivity contribution in [1.82, 2.24) is 15.1 Å². The Morgan fingerprint density at radius 1 is 0.939 bits per heavy atom. The van der Waals surface area contributed by atoms with Crippen molar-refractivity contribution in [2.45, 2.75) is 58.7 Å². The first-order valence-electron chi connectivity index (χ1n) is 11.4. The summed E-state index contributed by atoms with van der Waals surface area (Å²) in [4.78, 5) is 53.7. The fraction of sp³-hybridized carbons (Fsp3) is 0.385. The fourth-order valence-corrected chi connectivity index (χ4v) is 3.80. The van der Waals surface area contributed by atoms with E-state index in [1.807, 2.05) is 44.2 Å². The van der Waals surface area contributed by atoms with Gasteiger partial charge in [0.05, 0.1) is 11.1 Å². The van der Waals surface area contributed by atoms with E-state index in [4.69, 9.17) is 0 Å². The van der Waals surface area contributed by atoms with Gasteiger partial charge in [0.25, 0.3) is 11.8 Å². The number of imide groups is 1. The average Bonchev–Trinajstić information content (AvgIpc) is 3.07. The lowest BCUT2D eigenvalue weighted by atomic mass is 10.1. The van der Waals surface area contributed by atoms with Crippen LogP contribution in [0.3, 0.4) is 0 Å². The summed E-state index contributed by atoms with van der Waals surface area (Å²) < 4.78 is 0. The predicted molar refractivity (Wildman–Crippen MR) is 125 cm³/mol. The molecule has 0 saturated carbocycles. The molecule has 1 aliphatic rings. The van der Waals surface area contributed by atoms with Gasteiger partial charge in [0, 0.05) is 25.6 Å². The molecule has 0 bridgehead atoms. The van der Waals surface area contributed by atoms with E-state index >= 15 is 0 Å². The standard InChI is InChI=1S/C26H31N3O4/c1-4-18(2)27-24(31)19(3)29(17-20-11-6-5-7-12-20)23(30)15-10-16-28-25(32)21-13-8-9-14-22(21)26(28)33/h5-9,11-14,18-19H,4,10,15-17H2,1-3H3,(H,27,31)/t18-,19-/m0/s1. The minimum Gasteiger partial charge on any atom is -0.352 e. The van der Waals surface area contributed by atoms with E-state index in [0.717, 1.165) is 12.0 Å². The molecular formula is C26H31N3O4. The van der Waals surface area contributed by atoms with Crippen LogP contribution >= 0.6 is 0 Å². The van der Waals surface area contributed by atoms with Crippen molar-refractivity contribution in [3.05, 3.63) is 71.3 Å². The van der Waals surface area contributed by atoms with E-state index in [1.165, 1.54) is 4.90 Å². The lowest BCUT2D eigenvalue weighted by Gasteiger charge is -2.30. The number of rotatable bonds is 10. The Morgan fingerprint density at radius 2 is 1.52 bits per heavy atom. The zero-order valence-electron chi connectivity index (χ0n) is 19.4. The van der Waals surface area contributed by atoms with E-state index in [-0.39, 0.29) is 42.6 Å². The molecule has 0 unspecified atom stereocenters. The van der Waals surface area contributed by atoms with Gasteiger partial charge in [-0.15, -0.1) is 0 Å². The number of carbonyl (C=O) groups excluding carboxylic acids is 4. The minimum atomic E-state index is -0.647. The SMILES string of the molecule is CC[C@H](C)NC(=O)[C@H](C)N(Cc1ccccc1)C(=O)CCCN1C(=O)c2ccccc2C1=O. The molecule has 0 fully saturated rings. The molecule has 0 aromatic heterocycles. The number of hydrogen-bond acceptors (Lipinski definition) is 4. The highest BCUT2D eigenvalue weighted by Crippen LogP contribution is 2.23. The normalized spacial score (nSPS) is 14.6. The molecule has 0 spiro atoms. The second-order valence-electron chi connectivity index (χ2n) is 8.41. The maximum Gasteiger partial charge on any atom is 0.261 e. The first-order chi connectivity index (χ1) is 15.8. The van der Waals surface area contributed by atoms with Crippen LogP contribution in [-0.4, -0.2) is 52.1 Å². The molecule has 33 heavy (non-hydrogen) atoms. The van der Waals surface area contributed by atoms with Crippen LogP contribution in [-0.2, 0) is 16.1 Å². The van der Waals surface area contributed by atoms with Gasteiger partial charge >= 0.3 is 0 Å². The van der Waals surface area contributed by atoms with E-state index in [1.54, 1.807) is 36.1 Å². The Bertz CT molecular complexity index is 986. The molecule has 2 aromatic rings. The third kappa shape index (κ3) is 5.66. The molecule has 2 aromatic carbocycles. The molecule has 0 saturated heterocycles. The van der Waals surface area contributed by atoms with E-state index in [9.17, 15) is 19.2 Å². The van der Waals surface area contributed by atoms with Crippen molar-refractivity contribution in [2.24, 2.45) is 0 Å². The van der Waals surface area contributed by atoms with Gasteiger partial charge in [-0.05, 0) is 44.4 Å². The van der Waals surface area contributed by atoms with Crippen LogP contribution in [0.25, 0.3) is 0 Å². The third-order valence-electron chi connectivity index (χ3n) is 6.01. The van der Waals surface area contributed by atoms with Crippen molar-refractivity contribution >= 4 is 23.6 Å². The van der Waals surface area contributed by atoms with E-state index in [0.29, 0.717) is 24.1 Å². The summed E-state index contributed by atoms with van der Waals surface area (Å²) in [5, 5.41) is 2.94. The lowest BCUT2D eigenvalue weighted by Crippen LogP contribution is -2.49. The smallest absolute Gasteiger partial charge is 0.261 e. The van der Waals surface area contributed by atoms with Gasteiger partial charge in [0.2, 0.25) is 11.8 Å². The van der Waals surface area contributed by atoms with Crippen molar-refractivity contribution in [3.63, 3.8) is 0 Å². The summed E-state index contributed by atoms with van der Waals surface area (Å²) >= 11 is 0. The van der Waals surface area contributed by atoms with Gasteiger partial charge < -0.3 is 10.2 Å². The van der Waals surface area contributed by atoms with Crippen LogP contribution in [0, 0.1) is 0 Å². The number of nitrogens with zero attached hydrogens (tertiary/aromatic N) is 2. The number of carbonyl (C=O) groups is 4. The Morgan fingerprint density at radius 3 is 2.09 bits per heavy atom. The van der Waals surface area contributed by atoms with Gasteiger partial charge in [0.1, 0.15) is 6.04 Å². The molecule has 1 aliphatic heterocycles. The van der Waals surface area contributed by atoms with Crippen LogP contribution < -0.4 is 5.32 Å². The summed E-state index contributed by atoms with van der Waals surface area (Å²) in [5.41, 5.74) is 1.72. The van der Waals surface area contributed by atoms with Crippen molar-refractivity contribution < 1.29 is 19.2 Å². The maximum atomic E-state index is 13.2. The van der Waals surface area contributed by atoms with Crippen LogP contribution in [0.5, 0.6) is 0 Å². The van der Waals surface area contributed by atoms with Crippen molar-refractivity contribution in [1.29, 1.82) is 0 Å². The van der Waals surface area contributed by atoms with Gasteiger partial charge in [-0.1, -0.05) is 49.4 Å². The number of hydrogen-bond donors (Lipinski definition) is 1. The summed E-state index contributed by atoms with van der Waals surface area (Å²) in [5.74, 6) is -1.05. The van der Waals surface area contributed by atoms with Crippen LogP contribution in [0.1, 0.15) is 66.3 Å². The molecule has 0 aliphatic carbocycles. The Hall–Kier alpha value is -3.48. The zero-order valence-corrected chi connectivity index (χ0v) is 19.4. The quantitative estimate of drug-likeness (QED) is 0.563. The molecule has 1 heterocycles. The topological polar surface area (TPSA) is 86.8 Å². The maximum absolute atomic E-state index is 13.2. The highest BCUT2D eigenvalue weighted by molar-refractivity contribution is 6.21. The largest absolute Gasteiger partial charge is 0.352 e. The first-order valence-corrected chi connectivity index (χ1v) is 11.4. The molecular weight excluding hydrogens is 418 g/mol. The van der Waals surface area contributed by atoms with Gasteiger partial charge in [-0.25, -0.2) is 0 Å². The zero-order chi connectivity index (χ0) is 24.0. The Balaban J connectivity index is 1.65. The Labute approximate surface area is 194 Å². The summed E-state index contributed by atoms with van der Waals surface area (Å²) in [6.45, 7) is 6.10. The highest BCUT2D eigenvalue weighted by Gasteiger charge is 2.35. The van der Waals surface area contributed by atoms with Crippen molar-refractivity contribution in [3.8, 4) is 0 Å². The minimum absolute atomic E-state index is 0.0162. The lowest BCUT2D eigenvalue weighted by molar-refractivity contribution is -0.141. The molecule has 1 N–H and O–H groups in total. The number of nitrogens with one attached hydrogen (secondary N) is 1. The summed E-state index contributed by atoms with van der Waals surface area (Å²) in [6, 6.07) is 15.6. The van der Waals surface area contributed by atoms with Crippen molar-refractivity contribution in [2.75, 3.05) is 6.54 Å². The predicted octanol–water partition coefficient (Wildman–Crippen LogP) is 3.39. The highest BCUT2D eigenvalue weighted by atomic mass is 16.2. The molecule has 7 nitrogen and oxygen atoms in total. The van der Waals surface area contributed by atoms with Gasteiger partial charge in [-0.3, -0.25) is 24.1 Å². The van der Waals surface area contributed by atoms with Crippen LogP contribution in [0.4, 0.5) is 0 Å². The molecule has 3 rings (SSSR count). The van der Waals surface area contributed by atoms with Crippen LogP contribution in [0.2, 0.25) is 0 Å². The molecule has 174 valence electrons. The molecule has 7 heteroatoms. The third-order valence-corrected chi connectivity index (χ3v) is 6.01. The first kappa shape index (κ1) is 24.2. The second-order valence-corrected chi connectivity index (χ2v) is 8.41. The second kappa shape index (κ2) is 10.9. The van der Waals surface area contributed by atoms with E-state index in [2.05, 4.69) is 5.32 Å². The average molecular weight is 450 g/mol. The summed E-state index contributed by atoms with van der Waals surface area (Å²) in [6.07, 6.45) is 1.25. The number of benzene rings is 2. The Kier molecular flexibility index (Phi) is 7.98. The van der Waals surface area contributed by atoms with Gasteiger partial charge in [-0.2, -0.15) is 0 Å². The molecule has 2 atom stereocenters. The van der Waals surface area contributed by atoms with Gasteiger partial charge in [0.15, 0.2) is 0 Å².